The van der Waals surface area contributed by atoms with E-state index in [1.165, 1.54) is 0 Å². The molecule has 0 aromatic rings. The van der Waals surface area contributed by atoms with Gasteiger partial charge < -0.3 is 10.1 Å². The summed E-state index contributed by atoms with van der Waals surface area (Å²) < 4.78 is 5.45. The minimum Gasteiger partial charge on any atom is -0.370 e. The average Bonchev–Trinajstić information content (AvgIpc) is 3.01. The zero-order chi connectivity index (χ0) is 9.31. The van der Waals surface area contributed by atoms with E-state index in [9.17, 15) is 4.79 Å². The SMILES string of the molecule is COC1(C(=O)C2CC2)CCNCC1. The first-order valence-electron chi connectivity index (χ1n) is 5.09. The summed E-state index contributed by atoms with van der Waals surface area (Å²) in [4.78, 5) is 12.0. The lowest BCUT2D eigenvalue weighted by Gasteiger charge is -2.34. The van der Waals surface area contributed by atoms with Gasteiger partial charge in [0.2, 0.25) is 0 Å². The fraction of sp³-hybridized carbons (Fsp3) is 0.900. The van der Waals surface area contributed by atoms with Gasteiger partial charge in [-0.3, -0.25) is 4.79 Å². The number of carbonyl (C=O) groups excluding carboxylic acids is 1. The third-order valence-electron chi connectivity index (χ3n) is 3.20. The van der Waals surface area contributed by atoms with Crippen LogP contribution in [0.1, 0.15) is 25.7 Å². The van der Waals surface area contributed by atoms with Crippen LogP contribution in [0, 0.1) is 5.92 Å². The summed E-state index contributed by atoms with van der Waals surface area (Å²) in [5.41, 5.74) is -0.438. The summed E-state index contributed by atoms with van der Waals surface area (Å²) in [5.74, 6) is 0.676. The van der Waals surface area contributed by atoms with Gasteiger partial charge in [-0.15, -0.1) is 0 Å². The molecule has 74 valence electrons. The topological polar surface area (TPSA) is 38.3 Å². The normalized spacial score (nSPS) is 27.2. The van der Waals surface area contributed by atoms with Crippen LogP contribution in [0.25, 0.3) is 0 Å². The summed E-state index contributed by atoms with van der Waals surface area (Å²) in [6.45, 7) is 1.82. The van der Waals surface area contributed by atoms with Gasteiger partial charge in [-0.2, -0.15) is 0 Å². The molecule has 0 aromatic carbocycles. The van der Waals surface area contributed by atoms with Crippen LogP contribution in [0.4, 0.5) is 0 Å². The number of methoxy groups -OCH3 is 1. The van der Waals surface area contributed by atoms with Gasteiger partial charge in [0.25, 0.3) is 0 Å². The molecule has 1 heterocycles. The van der Waals surface area contributed by atoms with Crippen molar-refractivity contribution in [1.29, 1.82) is 0 Å². The smallest absolute Gasteiger partial charge is 0.167 e. The lowest BCUT2D eigenvalue weighted by molar-refractivity contribution is -0.145. The predicted molar refractivity (Wildman–Crippen MR) is 49.6 cm³/mol. The summed E-state index contributed by atoms with van der Waals surface area (Å²) >= 11 is 0. The molecule has 0 amide bonds. The molecule has 1 saturated heterocycles. The van der Waals surface area contributed by atoms with Crippen molar-refractivity contribution >= 4 is 5.78 Å². The first kappa shape index (κ1) is 9.16. The van der Waals surface area contributed by atoms with Crippen molar-refractivity contribution in [3.05, 3.63) is 0 Å². The minimum atomic E-state index is -0.438. The highest BCUT2D eigenvalue weighted by Crippen LogP contribution is 2.38. The van der Waals surface area contributed by atoms with Crippen LogP contribution in [-0.4, -0.2) is 31.6 Å². The number of piperidine rings is 1. The molecule has 2 fully saturated rings. The zero-order valence-electron chi connectivity index (χ0n) is 8.14. The van der Waals surface area contributed by atoms with Gasteiger partial charge in [-0.05, 0) is 38.8 Å². The largest absolute Gasteiger partial charge is 0.370 e. The molecule has 1 saturated carbocycles. The van der Waals surface area contributed by atoms with Gasteiger partial charge in [-0.25, -0.2) is 0 Å². The van der Waals surface area contributed by atoms with E-state index in [1.807, 2.05) is 0 Å². The third kappa shape index (κ3) is 1.63. The molecular weight excluding hydrogens is 166 g/mol. The van der Waals surface area contributed by atoms with Crippen molar-refractivity contribution in [2.45, 2.75) is 31.3 Å². The maximum Gasteiger partial charge on any atom is 0.167 e. The second-order valence-electron chi connectivity index (χ2n) is 4.09. The van der Waals surface area contributed by atoms with E-state index in [0.717, 1.165) is 38.8 Å². The van der Waals surface area contributed by atoms with E-state index >= 15 is 0 Å². The van der Waals surface area contributed by atoms with Gasteiger partial charge in [0.1, 0.15) is 5.60 Å². The molecule has 0 spiro atoms. The number of ketones is 1. The Hall–Kier alpha value is -0.410. The fourth-order valence-electron chi connectivity index (χ4n) is 2.10. The van der Waals surface area contributed by atoms with E-state index in [4.69, 9.17) is 4.74 Å². The Bertz CT molecular complexity index is 205. The van der Waals surface area contributed by atoms with Crippen LogP contribution in [-0.2, 0) is 9.53 Å². The number of ether oxygens (including phenoxy) is 1. The number of hydrogen-bond acceptors (Lipinski definition) is 3. The molecule has 13 heavy (non-hydrogen) atoms. The summed E-state index contributed by atoms with van der Waals surface area (Å²) in [6.07, 6.45) is 3.85. The van der Waals surface area contributed by atoms with Crippen molar-refractivity contribution < 1.29 is 9.53 Å². The monoisotopic (exact) mass is 183 g/mol. The number of hydrogen-bond donors (Lipinski definition) is 1. The predicted octanol–water partition coefficient (Wildman–Crippen LogP) is 0.734. The molecule has 0 bridgehead atoms. The summed E-state index contributed by atoms with van der Waals surface area (Å²) in [6, 6.07) is 0. The van der Waals surface area contributed by atoms with Gasteiger partial charge in [0.15, 0.2) is 5.78 Å². The lowest BCUT2D eigenvalue weighted by Crippen LogP contribution is -2.49. The molecule has 1 N–H and O–H groups in total. The summed E-state index contributed by atoms with van der Waals surface area (Å²) in [5, 5.41) is 3.26. The van der Waals surface area contributed by atoms with Crippen molar-refractivity contribution in [3.63, 3.8) is 0 Å². The Balaban J connectivity index is 2.07. The Kier molecular flexibility index (Phi) is 2.39. The quantitative estimate of drug-likeness (QED) is 0.701. The molecule has 0 radical (unpaired) electrons. The second-order valence-corrected chi connectivity index (χ2v) is 4.09. The Morgan fingerprint density at radius 1 is 1.38 bits per heavy atom. The van der Waals surface area contributed by atoms with Crippen molar-refractivity contribution in [1.82, 2.24) is 5.32 Å². The van der Waals surface area contributed by atoms with E-state index in [1.54, 1.807) is 7.11 Å². The van der Waals surface area contributed by atoms with Gasteiger partial charge >= 0.3 is 0 Å². The van der Waals surface area contributed by atoms with Gasteiger partial charge in [0.05, 0.1) is 0 Å². The highest BCUT2D eigenvalue weighted by Gasteiger charge is 2.46. The van der Waals surface area contributed by atoms with Crippen LogP contribution in [0.2, 0.25) is 0 Å². The maximum atomic E-state index is 12.0. The molecular formula is C10H17NO2. The standard InChI is InChI=1S/C10H17NO2/c1-13-10(4-6-11-7-5-10)9(12)8-2-3-8/h8,11H,2-7H2,1H3. The van der Waals surface area contributed by atoms with Crippen LogP contribution >= 0.6 is 0 Å². The van der Waals surface area contributed by atoms with Crippen LogP contribution in [0.15, 0.2) is 0 Å². The number of nitrogens with one attached hydrogen (secondary N) is 1. The molecule has 0 aromatic heterocycles. The molecule has 0 unspecified atom stereocenters. The first-order valence-corrected chi connectivity index (χ1v) is 5.09. The maximum absolute atomic E-state index is 12.0. The lowest BCUT2D eigenvalue weighted by atomic mass is 9.85. The fourth-order valence-corrected chi connectivity index (χ4v) is 2.10. The number of carbonyl (C=O) groups is 1. The Labute approximate surface area is 78.8 Å². The van der Waals surface area contributed by atoms with Gasteiger partial charge in [0, 0.05) is 13.0 Å². The van der Waals surface area contributed by atoms with Gasteiger partial charge in [-0.1, -0.05) is 0 Å². The molecule has 2 rings (SSSR count). The number of rotatable bonds is 3. The number of Topliss-reactive ketones (excluding diaryl/α,β-unsaturated/α-hetero) is 1. The molecule has 3 nitrogen and oxygen atoms in total. The molecule has 2 aliphatic rings. The average molecular weight is 183 g/mol. The van der Waals surface area contributed by atoms with E-state index in [0.29, 0.717) is 11.7 Å². The summed E-state index contributed by atoms with van der Waals surface area (Å²) in [7, 11) is 1.67. The minimum absolute atomic E-state index is 0.318. The van der Waals surface area contributed by atoms with E-state index < -0.39 is 5.60 Å². The third-order valence-corrected chi connectivity index (χ3v) is 3.20. The molecule has 1 aliphatic carbocycles. The van der Waals surface area contributed by atoms with Crippen molar-refractivity contribution in [2.24, 2.45) is 5.92 Å². The highest BCUT2D eigenvalue weighted by molar-refractivity contribution is 5.91. The van der Waals surface area contributed by atoms with Crippen LogP contribution < -0.4 is 5.32 Å². The highest BCUT2D eigenvalue weighted by atomic mass is 16.5. The Morgan fingerprint density at radius 3 is 2.46 bits per heavy atom. The molecule has 3 heteroatoms. The van der Waals surface area contributed by atoms with Crippen molar-refractivity contribution in [2.75, 3.05) is 20.2 Å². The van der Waals surface area contributed by atoms with E-state index in [2.05, 4.69) is 5.32 Å². The van der Waals surface area contributed by atoms with Crippen molar-refractivity contribution in [3.8, 4) is 0 Å². The second kappa shape index (κ2) is 3.39. The van der Waals surface area contributed by atoms with Crippen LogP contribution in [0.3, 0.4) is 0 Å². The molecule has 0 atom stereocenters. The zero-order valence-corrected chi connectivity index (χ0v) is 8.14. The first-order chi connectivity index (χ1) is 6.28. The van der Waals surface area contributed by atoms with E-state index in [-0.39, 0.29) is 0 Å². The molecule has 1 aliphatic heterocycles. The Morgan fingerprint density at radius 2 is 2.00 bits per heavy atom. The van der Waals surface area contributed by atoms with Crippen LogP contribution in [0.5, 0.6) is 0 Å².